The maximum atomic E-state index is 12.1. The number of anilines is 1. The Bertz CT molecular complexity index is 636. The zero-order valence-electron chi connectivity index (χ0n) is 13.6. The number of hydrogen-bond acceptors (Lipinski definition) is 5. The summed E-state index contributed by atoms with van der Waals surface area (Å²) in [5.41, 5.74) is 1.50. The maximum absolute atomic E-state index is 12.1. The van der Waals surface area contributed by atoms with Gasteiger partial charge >= 0.3 is 0 Å². The fourth-order valence-electron chi connectivity index (χ4n) is 2.77. The molecule has 2 N–H and O–H groups in total. The zero-order chi connectivity index (χ0) is 16.8. The molecule has 1 fully saturated rings. The van der Waals surface area contributed by atoms with Gasteiger partial charge in [-0.25, -0.2) is 0 Å². The molecule has 2 aliphatic heterocycles. The van der Waals surface area contributed by atoms with Crippen molar-refractivity contribution in [2.75, 3.05) is 25.0 Å². The quantitative estimate of drug-likeness (QED) is 0.756. The summed E-state index contributed by atoms with van der Waals surface area (Å²) in [6.07, 6.45) is 7.69. The van der Waals surface area contributed by atoms with E-state index in [1.165, 1.54) is 0 Å². The van der Waals surface area contributed by atoms with Crippen LogP contribution in [0.5, 0.6) is 0 Å². The molecule has 126 valence electrons. The molecule has 3 rings (SSSR count). The number of morpholine rings is 1. The van der Waals surface area contributed by atoms with Gasteiger partial charge in [0.1, 0.15) is 0 Å². The number of benzene rings is 1. The van der Waals surface area contributed by atoms with Crippen molar-refractivity contribution in [3.05, 3.63) is 29.8 Å². The van der Waals surface area contributed by atoms with Crippen LogP contribution < -0.4 is 10.6 Å². The summed E-state index contributed by atoms with van der Waals surface area (Å²) in [7, 11) is 0. The van der Waals surface area contributed by atoms with Gasteiger partial charge in [-0.2, -0.15) is 10.2 Å². The van der Waals surface area contributed by atoms with Crippen LogP contribution in [0.3, 0.4) is 0 Å². The molecule has 0 spiro atoms. The molecule has 2 heterocycles. The first kappa shape index (κ1) is 16.6. The molecular weight excluding hydrogens is 304 g/mol. The molecule has 0 saturated carbocycles. The molecule has 6 nitrogen and oxygen atoms in total. The minimum absolute atomic E-state index is 0.0317. The van der Waals surface area contributed by atoms with Gasteiger partial charge in [-0.1, -0.05) is 12.1 Å². The van der Waals surface area contributed by atoms with Crippen molar-refractivity contribution in [1.29, 1.82) is 0 Å². The highest BCUT2D eigenvalue weighted by Gasteiger charge is 2.39. The third kappa shape index (κ3) is 4.40. The smallest absolute Gasteiger partial charge is 0.224 e. The average Bonchev–Trinajstić information content (AvgIpc) is 3.40. The number of nitrogens with one attached hydrogen (secondary N) is 2. The predicted molar refractivity (Wildman–Crippen MR) is 91.5 cm³/mol. The minimum atomic E-state index is -0.404. The number of nitrogens with zero attached hydrogens (tertiary/aromatic N) is 2. The Morgan fingerprint density at radius 2 is 2.17 bits per heavy atom. The molecule has 0 bridgehead atoms. The van der Waals surface area contributed by atoms with Crippen molar-refractivity contribution in [2.45, 2.75) is 37.5 Å². The second-order valence-electron chi connectivity index (χ2n) is 6.12. The Hall–Kier alpha value is -2.23. The van der Waals surface area contributed by atoms with Crippen molar-refractivity contribution in [2.24, 2.45) is 10.2 Å². The number of terminal acetylenes is 1. The molecule has 2 aliphatic rings. The van der Waals surface area contributed by atoms with E-state index < -0.39 is 5.66 Å². The summed E-state index contributed by atoms with van der Waals surface area (Å²) in [4.78, 5) is 12.1. The highest BCUT2D eigenvalue weighted by atomic mass is 16.5. The van der Waals surface area contributed by atoms with E-state index >= 15 is 0 Å². The highest BCUT2D eigenvalue weighted by molar-refractivity contribution is 5.90. The molecule has 1 saturated heterocycles. The van der Waals surface area contributed by atoms with Crippen molar-refractivity contribution < 1.29 is 9.53 Å². The molecule has 6 heteroatoms. The second kappa shape index (κ2) is 7.56. The lowest BCUT2D eigenvalue weighted by Crippen LogP contribution is -2.33. The number of carbonyl (C=O) groups excluding carboxylic acids is 1. The van der Waals surface area contributed by atoms with Crippen molar-refractivity contribution >= 4 is 11.6 Å². The van der Waals surface area contributed by atoms with Crippen LogP contribution in [-0.4, -0.2) is 31.3 Å². The number of amides is 1. The molecule has 0 aromatic heterocycles. The van der Waals surface area contributed by atoms with Gasteiger partial charge in [0, 0.05) is 44.5 Å². The SMILES string of the molecule is C#CCCC1(CCC(=O)Nc2ccc(C3CNCCO3)cc2)N=N1. The van der Waals surface area contributed by atoms with Crippen LogP contribution in [0.15, 0.2) is 34.5 Å². The second-order valence-corrected chi connectivity index (χ2v) is 6.12. The Kier molecular flexibility index (Phi) is 5.24. The predicted octanol–water partition coefficient (Wildman–Crippen LogP) is 2.64. The number of carbonyl (C=O) groups is 1. The first-order valence-electron chi connectivity index (χ1n) is 8.30. The van der Waals surface area contributed by atoms with E-state index in [0.717, 1.165) is 37.4 Å². The van der Waals surface area contributed by atoms with Gasteiger partial charge in [-0.15, -0.1) is 12.3 Å². The van der Waals surface area contributed by atoms with Gasteiger partial charge in [0.05, 0.1) is 12.7 Å². The van der Waals surface area contributed by atoms with Crippen molar-refractivity contribution in [3.8, 4) is 12.3 Å². The molecule has 1 aromatic carbocycles. The van der Waals surface area contributed by atoms with Crippen molar-refractivity contribution in [3.63, 3.8) is 0 Å². The lowest BCUT2D eigenvalue weighted by Gasteiger charge is -2.24. The van der Waals surface area contributed by atoms with Crippen LogP contribution in [0.4, 0.5) is 5.69 Å². The van der Waals surface area contributed by atoms with Crippen LogP contribution in [0, 0.1) is 12.3 Å². The van der Waals surface area contributed by atoms with Gasteiger partial charge < -0.3 is 15.4 Å². The first-order chi connectivity index (χ1) is 11.7. The van der Waals surface area contributed by atoms with Gasteiger partial charge in [-0.05, 0) is 17.7 Å². The van der Waals surface area contributed by atoms with E-state index in [4.69, 9.17) is 11.2 Å². The molecule has 1 aromatic rings. The molecule has 0 radical (unpaired) electrons. The van der Waals surface area contributed by atoms with E-state index in [-0.39, 0.29) is 12.0 Å². The zero-order valence-corrected chi connectivity index (χ0v) is 13.6. The van der Waals surface area contributed by atoms with Gasteiger partial charge in [0.15, 0.2) is 5.66 Å². The summed E-state index contributed by atoms with van der Waals surface area (Å²) in [6.45, 7) is 2.44. The number of ether oxygens (including phenoxy) is 1. The number of rotatable bonds is 7. The number of hydrogen-bond donors (Lipinski definition) is 2. The maximum Gasteiger partial charge on any atom is 0.224 e. The summed E-state index contributed by atoms with van der Waals surface area (Å²) in [5.74, 6) is 2.56. The average molecular weight is 326 g/mol. The van der Waals surface area contributed by atoms with Crippen LogP contribution >= 0.6 is 0 Å². The van der Waals surface area contributed by atoms with Gasteiger partial charge in [0.25, 0.3) is 0 Å². The van der Waals surface area contributed by atoms with Crippen LogP contribution in [-0.2, 0) is 9.53 Å². The minimum Gasteiger partial charge on any atom is -0.371 e. The first-order valence-corrected chi connectivity index (χ1v) is 8.30. The summed E-state index contributed by atoms with van der Waals surface area (Å²) >= 11 is 0. The lowest BCUT2D eigenvalue weighted by atomic mass is 10.0. The van der Waals surface area contributed by atoms with Crippen LogP contribution in [0.1, 0.15) is 37.4 Å². The van der Waals surface area contributed by atoms with Crippen LogP contribution in [0.25, 0.3) is 0 Å². The fraction of sp³-hybridized carbons (Fsp3) is 0.500. The summed E-state index contributed by atoms with van der Waals surface area (Å²) < 4.78 is 5.72. The monoisotopic (exact) mass is 326 g/mol. The molecule has 1 unspecified atom stereocenters. The van der Waals surface area contributed by atoms with Gasteiger partial charge in [-0.3, -0.25) is 4.79 Å². The fourth-order valence-corrected chi connectivity index (χ4v) is 2.77. The molecule has 24 heavy (non-hydrogen) atoms. The van der Waals surface area contributed by atoms with E-state index in [1.54, 1.807) is 0 Å². The third-order valence-electron chi connectivity index (χ3n) is 4.30. The van der Waals surface area contributed by atoms with Crippen LogP contribution in [0.2, 0.25) is 0 Å². The van der Waals surface area contributed by atoms with E-state index in [0.29, 0.717) is 19.3 Å². The Morgan fingerprint density at radius 1 is 1.38 bits per heavy atom. The third-order valence-corrected chi connectivity index (χ3v) is 4.30. The Labute approximate surface area is 142 Å². The molecule has 1 amide bonds. The van der Waals surface area contributed by atoms with E-state index in [2.05, 4.69) is 26.8 Å². The Balaban J connectivity index is 1.45. The van der Waals surface area contributed by atoms with Crippen molar-refractivity contribution in [1.82, 2.24) is 5.32 Å². The van der Waals surface area contributed by atoms with Gasteiger partial charge in [0.2, 0.25) is 5.91 Å². The normalized spacial score (nSPS) is 21.0. The summed E-state index contributed by atoms with van der Waals surface area (Å²) in [6, 6.07) is 7.80. The molecule has 0 aliphatic carbocycles. The highest BCUT2D eigenvalue weighted by Crippen LogP contribution is 2.37. The lowest BCUT2D eigenvalue weighted by molar-refractivity contribution is -0.116. The molecule has 1 atom stereocenters. The molecular formula is C18H22N4O2. The largest absolute Gasteiger partial charge is 0.371 e. The standard InChI is InChI=1S/C18H22N4O2/c1-2-3-9-18(21-22-18)10-8-17(23)20-15-6-4-14(5-7-15)16-13-19-11-12-24-16/h1,4-7,16,19H,3,8-13H2,(H,20,23). The van der Waals surface area contributed by atoms with E-state index in [1.807, 2.05) is 24.3 Å². The summed E-state index contributed by atoms with van der Waals surface area (Å²) in [5, 5.41) is 14.3. The Morgan fingerprint density at radius 3 is 2.79 bits per heavy atom. The van der Waals surface area contributed by atoms with E-state index in [9.17, 15) is 4.79 Å². The topological polar surface area (TPSA) is 75.1 Å².